The van der Waals surface area contributed by atoms with Gasteiger partial charge in [0.05, 0.1) is 60.6 Å². The zero-order valence-electron chi connectivity index (χ0n) is 37.6. The van der Waals surface area contributed by atoms with Crippen LogP contribution in [0, 0.1) is 0 Å². The summed E-state index contributed by atoms with van der Waals surface area (Å²) in [7, 11) is 0. The zero-order chi connectivity index (χ0) is 44.0. The Balaban J connectivity index is 1.10. The van der Waals surface area contributed by atoms with E-state index in [1.165, 1.54) is 116 Å². The maximum atomic E-state index is 13.6. The summed E-state index contributed by atoms with van der Waals surface area (Å²) in [5.41, 5.74) is 1.15. The Morgan fingerprint density at radius 2 is 0.710 bits per heavy atom. The number of fused-ring (bicyclic) bond motifs is 2. The fourth-order valence-corrected chi connectivity index (χ4v) is 9.88. The number of hydrogen-bond acceptors (Lipinski definition) is 12. The van der Waals surface area contributed by atoms with Crippen molar-refractivity contribution in [2.24, 2.45) is 0 Å². The van der Waals surface area contributed by atoms with E-state index in [0.29, 0.717) is 47.3 Å². The van der Waals surface area contributed by atoms with Crippen LogP contribution in [0.4, 0.5) is 0 Å². The van der Waals surface area contributed by atoms with E-state index in [9.17, 15) is 19.2 Å². The number of esters is 2. The molecule has 0 unspecified atom stereocenters. The third-order valence-corrected chi connectivity index (χ3v) is 13.5. The summed E-state index contributed by atoms with van der Waals surface area (Å²) in [4.78, 5) is 54.9. The molecule has 0 atom stereocenters. The lowest BCUT2D eigenvalue weighted by Gasteiger charge is -2.09. The van der Waals surface area contributed by atoms with Gasteiger partial charge >= 0.3 is 11.9 Å². The molecule has 0 bridgehead atoms. The van der Waals surface area contributed by atoms with Crippen molar-refractivity contribution in [3.63, 3.8) is 0 Å². The Labute approximate surface area is 379 Å². The Bertz CT molecular complexity index is 1570. The number of allylic oxidation sites excluding steroid dienone is 2. The number of unbranched alkanes of at least 4 members (excludes halogenated alkanes) is 18. The van der Waals surface area contributed by atoms with Gasteiger partial charge in [-0.05, 0) is 37.1 Å². The summed E-state index contributed by atoms with van der Waals surface area (Å²) >= 11 is 2.16. The van der Waals surface area contributed by atoms with Gasteiger partial charge in [-0.1, -0.05) is 165 Å². The lowest BCUT2D eigenvalue weighted by Crippen LogP contribution is -2.14. The monoisotopic (exact) mass is 896 g/mol. The Morgan fingerprint density at radius 1 is 0.403 bits per heavy atom. The number of ketones is 2. The summed E-state index contributed by atoms with van der Waals surface area (Å²) in [6.45, 7) is 8.28. The van der Waals surface area contributed by atoms with Crippen LogP contribution < -0.4 is 0 Å². The second-order valence-electron chi connectivity index (χ2n) is 16.0. The lowest BCUT2D eigenvalue weighted by atomic mass is 10.0. The Hall–Kier alpha value is -3.00. The molecule has 0 amide bonds. The van der Waals surface area contributed by atoms with Crippen LogP contribution >= 0.6 is 23.5 Å². The van der Waals surface area contributed by atoms with Crippen LogP contribution in [0.25, 0.3) is 0 Å². The SMILES string of the molecule is CCCCCCCCCCCCOCCOCCOC(=O)c1cccc2c1S/C(=C1/Sc3c(C(=O)OCCOCCOCCCCCCCCCCCC)cccc3C1=O)C2=O. The molecule has 0 aromatic heterocycles. The molecular weight excluding hydrogens is 825 g/mol. The third kappa shape index (κ3) is 18.2. The molecule has 10 nitrogen and oxygen atoms in total. The smallest absolute Gasteiger partial charge is 0.339 e. The zero-order valence-corrected chi connectivity index (χ0v) is 39.2. The molecule has 0 N–H and O–H groups in total. The van der Waals surface area contributed by atoms with Crippen molar-refractivity contribution in [2.75, 3.05) is 66.1 Å². The fraction of sp³-hybridized carbons (Fsp3) is 0.640. The van der Waals surface area contributed by atoms with E-state index in [0.717, 1.165) is 49.6 Å². The van der Waals surface area contributed by atoms with Crippen LogP contribution in [0.5, 0.6) is 0 Å². The van der Waals surface area contributed by atoms with Gasteiger partial charge in [0.1, 0.15) is 13.2 Å². The molecule has 0 saturated carbocycles. The molecule has 2 aromatic rings. The minimum Gasteiger partial charge on any atom is -0.460 e. The van der Waals surface area contributed by atoms with Gasteiger partial charge in [-0.15, -0.1) is 0 Å². The number of ether oxygens (including phenoxy) is 6. The molecule has 2 aliphatic rings. The number of thioether (sulfide) groups is 2. The molecule has 62 heavy (non-hydrogen) atoms. The highest BCUT2D eigenvalue weighted by Gasteiger charge is 2.39. The van der Waals surface area contributed by atoms with Crippen LogP contribution in [-0.2, 0) is 28.4 Å². The van der Waals surface area contributed by atoms with Gasteiger partial charge < -0.3 is 28.4 Å². The quantitative estimate of drug-likeness (QED) is 0.0367. The van der Waals surface area contributed by atoms with Crippen molar-refractivity contribution in [1.29, 1.82) is 0 Å². The molecule has 0 saturated heterocycles. The predicted octanol–water partition coefficient (Wildman–Crippen LogP) is 12.4. The van der Waals surface area contributed by atoms with Crippen LogP contribution in [0.2, 0.25) is 0 Å². The van der Waals surface area contributed by atoms with E-state index in [1.807, 2.05) is 0 Å². The number of carbonyl (C=O) groups is 4. The van der Waals surface area contributed by atoms with E-state index in [-0.39, 0.29) is 58.9 Å². The van der Waals surface area contributed by atoms with Crippen molar-refractivity contribution < 1.29 is 47.6 Å². The highest BCUT2D eigenvalue weighted by atomic mass is 32.2. The molecule has 0 aliphatic carbocycles. The molecule has 0 spiro atoms. The largest absolute Gasteiger partial charge is 0.460 e. The molecule has 0 fully saturated rings. The maximum absolute atomic E-state index is 13.6. The first-order chi connectivity index (χ1) is 30.5. The van der Waals surface area contributed by atoms with Crippen LogP contribution in [0.1, 0.15) is 184 Å². The highest BCUT2D eigenvalue weighted by molar-refractivity contribution is 8.08. The van der Waals surface area contributed by atoms with Gasteiger partial charge in [0.15, 0.2) is 0 Å². The van der Waals surface area contributed by atoms with Crippen LogP contribution in [0.3, 0.4) is 0 Å². The molecular formula is C50H72O10S2. The number of Topliss-reactive ketones (excluding diaryl/α,β-unsaturated/α-hetero) is 2. The van der Waals surface area contributed by atoms with Crippen molar-refractivity contribution in [3.8, 4) is 0 Å². The van der Waals surface area contributed by atoms with Gasteiger partial charge in [0.25, 0.3) is 0 Å². The molecule has 12 heteroatoms. The molecule has 344 valence electrons. The van der Waals surface area contributed by atoms with Crippen molar-refractivity contribution in [1.82, 2.24) is 0 Å². The van der Waals surface area contributed by atoms with Crippen molar-refractivity contribution >= 4 is 47.0 Å². The second kappa shape index (κ2) is 31.8. The van der Waals surface area contributed by atoms with Crippen molar-refractivity contribution in [3.05, 3.63) is 68.5 Å². The third-order valence-electron chi connectivity index (χ3n) is 10.9. The molecule has 0 radical (unpaired) electrons. The Kier molecular flexibility index (Phi) is 26.5. The molecule has 2 heterocycles. The van der Waals surface area contributed by atoms with E-state index in [2.05, 4.69) is 13.8 Å². The number of benzene rings is 2. The van der Waals surface area contributed by atoms with Gasteiger partial charge in [-0.3, -0.25) is 9.59 Å². The van der Waals surface area contributed by atoms with Gasteiger partial charge in [0, 0.05) is 34.1 Å². The average molecular weight is 897 g/mol. The number of carbonyl (C=O) groups excluding carboxylic acids is 4. The summed E-state index contributed by atoms with van der Waals surface area (Å²) in [6, 6.07) is 9.76. The first kappa shape index (κ1) is 51.6. The molecule has 4 rings (SSSR count). The lowest BCUT2D eigenvalue weighted by molar-refractivity contribution is 0.0136. The number of rotatable bonds is 36. The van der Waals surface area contributed by atoms with E-state index in [4.69, 9.17) is 28.4 Å². The van der Waals surface area contributed by atoms with E-state index in [1.54, 1.807) is 36.4 Å². The normalized spacial score (nSPS) is 14.4. The van der Waals surface area contributed by atoms with Crippen molar-refractivity contribution in [2.45, 2.75) is 152 Å². The standard InChI is InChI=1S/C50H72O10S2/c1-3-5-7-9-11-13-15-17-19-21-29-55-31-33-57-35-37-59-49(53)41-27-23-25-39-43(51)47(61-45(39)41)48-44(52)40-26-24-28-42(46(40)62-48)50(54)60-38-36-58-34-32-56-30-22-20-18-16-14-12-10-8-6-4-2/h23-28H,3-22,29-38H2,1-2H3/b48-47+. The second-order valence-corrected chi connectivity index (χ2v) is 18.0. The summed E-state index contributed by atoms with van der Waals surface area (Å²) in [5, 5.41) is 0. The van der Waals surface area contributed by atoms with Gasteiger partial charge in [-0.2, -0.15) is 0 Å². The van der Waals surface area contributed by atoms with Gasteiger partial charge in [-0.25, -0.2) is 9.59 Å². The van der Waals surface area contributed by atoms with E-state index < -0.39 is 11.9 Å². The average Bonchev–Trinajstić information content (AvgIpc) is 3.80. The summed E-state index contributed by atoms with van der Waals surface area (Å²) < 4.78 is 33.6. The fourth-order valence-electron chi connectivity index (χ4n) is 7.38. The minimum absolute atomic E-state index is 0.0516. The first-order valence-corrected chi connectivity index (χ1v) is 25.2. The minimum atomic E-state index is -0.575. The first-order valence-electron chi connectivity index (χ1n) is 23.6. The molecule has 2 aliphatic heterocycles. The number of hydrogen-bond donors (Lipinski definition) is 0. The highest BCUT2D eigenvalue weighted by Crippen LogP contribution is 2.51. The maximum Gasteiger partial charge on any atom is 0.339 e. The predicted molar refractivity (Wildman–Crippen MR) is 248 cm³/mol. The summed E-state index contributed by atoms with van der Waals surface area (Å²) in [5.74, 6) is -1.85. The Morgan fingerprint density at radius 3 is 1.06 bits per heavy atom. The van der Waals surface area contributed by atoms with Crippen LogP contribution in [-0.4, -0.2) is 89.6 Å². The van der Waals surface area contributed by atoms with Crippen LogP contribution in [0.15, 0.2) is 56.0 Å². The van der Waals surface area contributed by atoms with E-state index >= 15 is 0 Å². The summed E-state index contributed by atoms with van der Waals surface area (Å²) in [6.07, 6.45) is 25.7. The van der Waals surface area contributed by atoms with Gasteiger partial charge in [0.2, 0.25) is 11.6 Å². The topological polar surface area (TPSA) is 124 Å². The molecule has 2 aromatic carbocycles.